The van der Waals surface area contributed by atoms with E-state index in [1.807, 2.05) is 0 Å². The van der Waals surface area contributed by atoms with E-state index in [-0.39, 0.29) is 23.6 Å². The van der Waals surface area contributed by atoms with Gasteiger partial charge in [-0.25, -0.2) is 0 Å². The van der Waals surface area contributed by atoms with Crippen molar-refractivity contribution in [1.29, 1.82) is 0 Å². The van der Waals surface area contributed by atoms with Crippen molar-refractivity contribution >= 4 is 31.5 Å². The van der Waals surface area contributed by atoms with Crippen molar-refractivity contribution in [1.82, 2.24) is 9.80 Å². The summed E-state index contributed by atoms with van der Waals surface area (Å²) in [6.45, 7) is 16.6. The fraction of sp³-hybridized carbons (Fsp3) is 0.767. The van der Waals surface area contributed by atoms with E-state index < -0.39 is 37.4 Å². The number of alkyl halides is 3. The molecule has 12 heteroatoms. The standard InChI is InChI=1S/C30H49ClF3N3O4Si/c1-21(35-22-10-11-23(24(31)18-22)30(32,33)34)27(38)37(20-26(39-5)40-6)16-9-15-36-17-14-29(12-13-29)25(19-36)41-42(7,8)28(2,3)4/h10-11,18,21,25-26,35H,9,12-17,19-20H2,1-8H3/t21?,25-/m1/s1. The van der Waals surface area contributed by atoms with Crippen LogP contribution in [0.2, 0.25) is 23.2 Å². The van der Waals surface area contributed by atoms with Crippen LogP contribution in [0.3, 0.4) is 0 Å². The lowest BCUT2D eigenvalue weighted by molar-refractivity contribution is -0.146. The molecular formula is C30H49ClF3N3O4Si. The van der Waals surface area contributed by atoms with E-state index in [1.165, 1.54) is 39.2 Å². The molecule has 2 fully saturated rings. The zero-order valence-corrected chi connectivity index (χ0v) is 28.1. The van der Waals surface area contributed by atoms with Crippen LogP contribution < -0.4 is 5.32 Å². The van der Waals surface area contributed by atoms with Crippen LogP contribution in [0.15, 0.2) is 18.2 Å². The molecule has 7 nitrogen and oxygen atoms in total. The molecule has 1 unspecified atom stereocenters. The van der Waals surface area contributed by atoms with Gasteiger partial charge in [-0.2, -0.15) is 13.2 Å². The summed E-state index contributed by atoms with van der Waals surface area (Å²) in [4.78, 5) is 17.7. The number of benzene rings is 1. The second-order valence-corrected chi connectivity index (χ2v) is 18.5. The summed E-state index contributed by atoms with van der Waals surface area (Å²) in [5, 5.41) is 2.73. The molecule has 0 aromatic heterocycles. The Balaban J connectivity index is 1.62. The molecule has 0 radical (unpaired) electrons. The molecule has 1 heterocycles. The quantitative estimate of drug-likeness (QED) is 0.189. The molecule has 0 bridgehead atoms. The average molecular weight is 636 g/mol. The number of hydrogen-bond donors (Lipinski definition) is 1. The van der Waals surface area contributed by atoms with E-state index in [2.05, 4.69) is 44.1 Å². The van der Waals surface area contributed by atoms with Crippen molar-refractivity contribution in [3.05, 3.63) is 28.8 Å². The largest absolute Gasteiger partial charge is 0.417 e. The van der Waals surface area contributed by atoms with E-state index in [0.717, 1.165) is 38.5 Å². The van der Waals surface area contributed by atoms with Gasteiger partial charge in [-0.15, -0.1) is 0 Å². The predicted octanol–water partition coefficient (Wildman–Crippen LogP) is 6.87. The van der Waals surface area contributed by atoms with Gasteiger partial charge in [0.2, 0.25) is 5.91 Å². The van der Waals surface area contributed by atoms with Gasteiger partial charge in [-0.3, -0.25) is 4.79 Å². The molecule has 1 saturated carbocycles. The number of likely N-dealkylation sites (tertiary alicyclic amines) is 1. The highest BCUT2D eigenvalue weighted by Gasteiger charge is 2.54. The van der Waals surface area contributed by atoms with Crippen LogP contribution in [0.5, 0.6) is 0 Å². The Morgan fingerprint density at radius 3 is 2.36 bits per heavy atom. The zero-order chi connectivity index (χ0) is 31.5. The molecule has 1 aliphatic carbocycles. The number of nitrogens with one attached hydrogen (secondary N) is 1. The van der Waals surface area contributed by atoms with Crippen LogP contribution in [-0.2, 0) is 24.9 Å². The number of piperidine rings is 1. The topological polar surface area (TPSA) is 63.3 Å². The van der Waals surface area contributed by atoms with E-state index in [9.17, 15) is 18.0 Å². The maximum absolute atomic E-state index is 13.5. The normalized spacial score (nSPS) is 20.2. The minimum absolute atomic E-state index is 0.155. The third-order valence-corrected chi connectivity index (χ3v) is 14.1. The molecule has 1 saturated heterocycles. The van der Waals surface area contributed by atoms with Crippen molar-refractivity contribution in [3.63, 3.8) is 0 Å². The van der Waals surface area contributed by atoms with E-state index >= 15 is 0 Å². The van der Waals surface area contributed by atoms with Crippen LogP contribution in [0.4, 0.5) is 18.9 Å². The van der Waals surface area contributed by atoms with Crippen molar-refractivity contribution in [2.45, 2.75) is 96.1 Å². The molecule has 240 valence electrons. The first kappa shape index (κ1) is 35.1. The molecule has 42 heavy (non-hydrogen) atoms. The van der Waals surface area contributed by atoms with Crippen LogP contribution >= 0.6 is 11.6 Å². The number of ether oxygens (including phenoxy) is 2. The summed E-state index contributed by atoms with van der Waals surface area (Å²) in [6.07, 6.45) is -0.524. The lowest BCUT2D eigenvalue weighted by atomic mass is 9.90. The molecule has 1 aromatic carbocycles. The number of hydrogen-bond acceptors (Lipinski definition) is 6. The summed E-state index contributed by atoms with van der Waals surface area (Å²) in [6, 6.07) is 2.68. The molecule has 2 atom stereocenters. The maximum atomic E-state index is 13.5. The fourth-order valence-electron chi connectivity index (χ4n) is 5.31. The second kappa shape index (κ2) is 13.7. The molecule has 1 N–H and O–H groups in total. The number of methoxy groups -OCH3 is 2. The molecule has 1 amide bonds. The third-order valence-electron chi connectivity index (χ3n) is 9.31. The van der Waals surface area contributed by atoms with Gasteiger partial charge in [0.05, 0.1) is 23.2 Å². The van der Waals surface area contributed by atoms with Gasteiger partial charge in [-0.05, 0) is 87.4 Å². The summed E-state index contributed by atoms with van der Waals surface area (Å²) in [5.41, 5.74) is -0.250. The van der Waals surface area contributed by atoms with Gasteiger partial charge in [-0.1, -0.05) is 32.4 Å². The summed E-state index contributed by atoms with van der Waals surface area (Å²) in [7, 11) is 1.14. The summed E-state index contributed by atoms with van der Waals surface area (Å²) >= 11 is 5.88. The highest BCUT2D eigenvalue weighted by molar-refractivity contribution is 6.74. The number of anilines is 1. The highest BCUT2D eigenvalue weighted by Crippen LogP contribution is 2.56. The number of amides is 1. The molecule has 2 aliphatic rings. The average Bonchev–Trinajstić information content (AvgIpc) is 3.66. The number of halogens is 4. The lowest BCUT2D eigenvalue weighted by Crippen LogP contribution is -2.53. The van der Waals surface area contributed by atoms with Crippen LogP contribution in [0.25, 0.3) is 0 Å². The molecular weight excluding hydrogens is 587 g/mol. The fourth-order valence-corrected chi connectivity index (χ4v) is 6.99. The Kier molecular flexibility index (Phi) is 11.5. The zero-order valence-electron chi connectivity index (χ0n) is 26.4. The minimum atomic E-state index is -4.55. The SMILES string of the molecule is COC(CN(CCCN1CCC2(CC2)[C@H](O[Si](C)(C)C(C)(C)C)C1)C(=O)C(C)Nc1ccc(C(F)(F)F)c(Cl)c1)OC. The van der Waals surface area contributed by atoms with Crippen molar-refractivity contribution < 1.29 is 31.9 Å². The van der Waals surface area contributed by atoms with Crippen LogP contribution in [0, 0.1) is 5.41 Å². The van der Waals surface area contributed by atoms with Gasteiger partial charge in [0, 0.05) is 33.0 Å². The van der Waals surface area contributed by atoms with Gasteiger partial charge < -0.3 is 29.0 Å². The van der Waals surface area contributed by atoms with E-state index in [1.54, 1.807) is 11.8 Å². The third kappa shape index (κ3) is 8.85. The Bertz CT molecular complexity index is 1060. The molecule has 1 aromatic rings. The number of carbonyl (C=O) groups excluding carboxylic acids is 1. The summed E-state index contributed by atoms with van der Waals surface area (Å²) < 4.78 is 57.0. The van der Waals surface area contributed by atoms with E-state index in [4.69, 9.17) is 25.5 Å². The Morgan fingerprint density at radius 2 is 1.83 bits per heavy atom. The van der Waals surface area contributed by atoms with Crippen molar-refractivity contribution in [3.8, 4) is 0 Å². The first-order valence-electron chi connectivity index (χ1n) is 14.8. The first-order valence-corrected chi connectivity index (χ1v) is 18.1. The number of carbonyl (C=O) groups is 1. The van der Waals surface area contributed by atoms with Gasteiger partial charge in [0.25, 0.3) is 0 Å². The maximum Gasteiger partial charge on any atom is 0.417 e. The van der Waals surface area contributed by atoms with Crippen molar-refractivity contribution in [2.24, 2.45) is 5.41 Å². The lowest BCUT2D eigenvalue weighted by Gasteiger charge is -2.46. The second-order valence-electron chi connectivity index (χ2n) is 13.4. The highest BCUT2D eigenvalue weighted by atomic mass is 35.5. The van der Waals surface area contributed by atoms with Crippen LogP contribution in [0.1, 0.15) is 58.9 Å². The Morgan fingerprint density at radius 1 is 1.19 bits per heavy atom. The van der Waals surface area contributed by atoms with E-state index in [0.29, 0.717) is 17.6 Å². The minimum Gasteiger partial charge on any atom is -0.412 e. The Hall–Kier alpha value is -1.37. The molecule has 1 spiro atoms. The molecule has 3 rings (SSSR count). The monoisotopic (exact) mass is 635 g/mol. The smallest absolute Gasteiger partial charge is 0.412 e. The van der Waals surface area contributed by atoms with Gasteiger partial charge in [0.15, 0.2) is 14.6 Å². The van der Waals surface area contributed by atoms with Crippen molar-refractivity contribution in [2.75, 3.05) is 52.3 Å². The van der Waals surface area contributed by atoms with Crippen LogP contribution in [-0.4, -0.2) is 89.4 Å². The number of rotatable bonds is 13. The van der Waals surface area contributed by atoms with Gasteiger partial charge >= 0.3 is 6.18 Å². The predicted molar refractivity (Wildman–Crippen MR) is 163 cm³/mol. The first-order chi connectivity index (χ1) is 19.4. The number of nitrogens with zero attached hydrogens (tertiary/aromatic N) is 2. The Labute approximate surface area is 255 Å². The summed E-state index contributed by atoms with van der Waals surface area (Å²) in [5.74, 6) is -0.208. The van der Waals surface area contributed by atoms with Gasteiger partial charge in [0.1, 0.15) is 6.04 Å². The molecule has 1 aliphatic heterocycles.